The molecule has 1 aromatic heterocycles. The first-order valence-electron chi connectivity index (χ1n) is 7.86. The lowest BCUT2D eigenvalue weighted by Gasteiger charge is -2.32. The van der Waals surface area contributed by atoms with Crippen molar-refractivity contribution in [3.8, 4) is 6.01 Å². The van der Waals surface area contributed by atoms with E-state index in [0.717, 1.165) is 25.9 Å². The topological polar surface area (TPSA) is 63.2 Å². The first-order valence-corrected chi connectivity index (χ1v) is 7.86. The van der Waals surface area contributed by atoms with Gasteiger partial charge in [-0.2, -0.15) is 15.0 Å². The molecule has 6 heteroatoms. The normalized spacial score (nSPS) is 11.0. The van der Waals surface area contributed by atoms with Crippen LogP contribution in [0.5, 0.6) is 6.01 Å². The number of rotatable bonds is 9. The van der Waals surface area contributed by atoms with Crippen molar-refractivity contribution in [2.75, 3.05) is 30.4 Å². The maximum atomic E-state index is 5.22. The van der Waals surface area contributed by atoms with Crippen LogP contribution in [0.3, 0.4) is 0 Å². The van der Waals surface area contributed by atoms with E-state index in [0.29, 0.717) is 29.9 Å². The lowest BCUT2D eigenvalue weighted by Crippen LogP contribution is -2.38. The zero-order valence-electron chi connectivity index (χ0n) is 14.2. The summed E-state index contributed by atoms with van der Waals surface area (Å²) in [5.41, 5.74) is 0. The number of hydrogen-bond acceptors (Lipinski definition) is 6. The molecule has 0 fully saturated rings. The Morgan fingerprint density at radius 1 is 1.10 bits per heavy atom. The second kappa shape index (κ2) is 8.64. The fourth-order valence-electron chi connectivity index (χ4n) is 2.32. The first kappa shape index (κ1) is 17.5. The largest absolute Gasteiger partial charge is 0.467 e. The number of aromatic nitrogens is 3. The van der Waals surface area contributed by atoms with Gasteiger partial charge in [0.15, 0.2) is 0 Å². The standard InChI is InChI=1S/C15H29N5O/c1-7-12(8-2)20(10-11(4)5)14-17-13(16-9-3)18-15(19-14)21-6/h11-12H,7-10H2,1-6H3,(H,16,17,18,19). The molecule has 0 amide bonds. The Bertz CT molecular complexity index is 421. The van der Waals surface area contributed by atoms with E-state index < -0.39 is 0 Å². The van der Waals surface area contributed by atoms with E-state index in [-0.39, 0.29) is 0 Å². The minimum atomic E-state index is 0.357. The van der Waals surface area contributed by atoms with Gasteiger partial charge in [-0.1, -0.05) is 27.7 Å². The van der Waals surface area contributed by atoms with Crippen LogP contribution in [0.25, 0.3) is 0 Å². The Balaban J connectivity index is 3.17. The third kappa shape index (κ3) is 5.02. The van der Waals surface area contributed by atoms with Gasteiger partial charge in [-0.05, 0) is 25.7 Å². The Kier molecular flexibility index (Phi) is 7.19. The van der Waals surface area contributed by atoms with Gasteiger partial charge in [-0.15, -0.1) is 0 Å². The van der Waals surface area contributed by atoms with Gasteiger partial charge in [0, 0.05) is 19.1 Å². The summed E-state index contributed by atoms with van der Waals surface area (Å²) in [6, 6.07) is 0.782. The van der Waals surface area contributed by atoms with Crippen molar-refractivity contribution in [3.63, 3.8) is 0 Å². The minimum absolute atomic E-state index is 0.357. The maximum Gasteiger partial charge on any atom is 0.322 e. The monoisotopic (exact) mass is 295 g/mol. The molecule has 0 aliphatic heterocycles. The molecule has 0 radical (unpaired) electrons. The van der Waals surface area contributed by atoms with Crippen molar-refractivity contribution in [1.82, 2.24) is 15.0 Å². The Hall–Kier alpha value is -1.59. The molecule has 1 heterocycles. The molecule has 1 aromatic rings. The van der Waals surface area contributed by atoms with Gasteiger partial charge in [0.25, 0.3) is 0 Å². The fraction of sp³-hybridized carbons (Fsp3) is 0.800. The average Bonchev–Trinajstić information content (AvgIpc) is 2.47. The number of methoxy groups -OCH3 is 1. The molecular weight excluding hydrogens is 266 g/mol. The van der Waals surface area contributed by atoms with Crippen LogP contribution in [0.2, 0.25) is 0 Å². The van der Waals surface area contributed by atoms with Crippen molar-refractivity contribution in [3.05, 3.63) is 0 Å². The molecule has 1 N–H and O–H groups in total. The smallest absolute Gasteiger partial charge is 0.322 e. The number of anilines is 2. The summed E-state index contributed by atoms with van der Waals surface area (Å²) in [6.45, 7) is 12.5. The second-order valence-electron chi connectivity index (χ2n) is 5.49. The van der Waals surface area contributed by atoms with E-state index in [1.165, 1.54) is 0 Å². The summed E-state index contributed by atoms with van der Waals surface area (Å²) in [5, 5.41) is 3.14. The highest BCUT2D eigenvalue weighted by Crippen LogP contribution is 2.21. The molecule has 21 heavy (non-hydrogen) atoms. The molecule has 6 nitrogen and oxygen atoms in total. The number of ether oxygens (including phenoxy) is 1. The van der Waals surface area contributed by atoms with Crippen molar-refractivity contribution >= 4 is 11.9 Å². The number of nitrogens with zero attached hydrogens (tertiary/aromatic N) is 4. The zero-order valence-corrected chi connectivity index (χ0v) is 14.2. The van der Waals surface area contributed by atoms with E-state index in [2.05, 4.69) is 52.9 Å². The molecule has 0 bridgehead atoms. The fourth-order valence-corrected chi connectivity index (χ4v) is 2.32. The third-order valence-electron chi connectivity index (χ3n) is 3.32. The van der Waals surface area contributed by atoms with Gasteiger partial charge in [0.2, 0.25) is 11.9 Å². The lowest BCUT2D eigenvalue weighted by molar-refractivity contribution is 0.377. The maximum absolute atomic E-state index is 5.22. The van der Waals surface area contributed by atoms with Gasteiger partial charge < -0.3 is 15.0 Å². The Morgan fingerprint density at radius 3 is 2.24 bits per heavy atom. The highest BCUT2D eigenvalue weighted by molar-refractivity contribution is 5.39. The molecule has 0 spiro atoms. The van der Waals surface area contributed by atoms with Crippen molar-refractivity contribution < 1.29 is 4.74 Å². The van der Waals surface area contributed by atoms with E-state index in [1.54, 1.807) is 7.11 Å². The molecule has 0 aliphatic rings. The molecule has 0 unspecified atom stereocenters. The van der Waals surface area contributed by atoms with E-state index in [4.69, 9.17) is 4.74 Å². The summed E-state index contributed by atoms with van der Waals surface area (Å²) < 4.78 is 5.22. The van der Waals surface area contributed by atoms with Crippen molar-refractivity contribution in [1.29, 1.82) is 0 Å². The van der Waals surface area contributed by atoms with Gasteiger partial charge in [-0.3, -0.25) is 0 Å². The molecular formula is C15H29N5O. The summed E-state index contributed by atoms with van der Waals surface area (Å²) in [6.07, 6.45) is 2.13. The Labute approximate surface area is 128 Å². The van der Waals surface area contributed by atoms with E-state index in [1.807, 2.05) is 6.92 Å². The highest BCUT2D eigenvalue weighted by atomic mass is 16.5. The molecule has 0 aliphatic carbocycles. The molecule has 1 rings (SSSR count). The summed E-state index contributed by atoms with van der Waals surface area (Å²) in [7, 11) is 1.58. The van der Waals surface area contributed by atoms with Crippen LogP contribution in [0.1, 0.15) is 47.5 Å². The number of hydrogen-bond donors (Lipinski definition) is 1. The summed E-state index contributed by atoms with van der Waals surface area (Å²) >= 11 is 0. The van der Waals surface area contributed by atoms with Crippen molar-refractivity contribution in [2.45, 2.75) is 53.5 Å². The zero-order chi connectivity index (χ0) is 15.8. The quantitative estimate of drug-likeness (QED) is 0.755. The first-order chi connectivity index (χ1) is 10.0. The van der Waals surface area contributed by atoms with Crippen LogP contribution in [0.15, 0.2) is 0 Å². The van der Waals surface area contributed by atoms with Crippen molar-refractivity contribution in [2.24, 2.45) is 5.92 Å². The lowest BCUT2D eigenvalue weighted by atomic mass is 10.1. The predicted octanol–water partition coefficient (Wildman–Crippen LogP) is 2.96. The van der Waals surface area contributed by atoms with Crippen LogP contribution in [-0.4, -0.2) is 41.2 Å². The van der Waals surface area contributed by atoms with Gasteiger partial charge in [-0.25, -0.2) is 0 Å². The Morgan fingerprint density at radius 2 is 1.76 bits per heavy atom. The van der Waals surface area contributed by atoms with E-state index >= 15 is 0 Å². The van der Waals surface area contributed by atoms with Gasteiger partial charge >= 0.3 is 6.01 Å². The molecule has 0 aromatic carbocycles. The number of nitrogens with one attached hydrogen (secondary N) is 1. The second-order valence-corrected chi connectivity index (χ2v) is 5.49. The molecule has 0 saturated heterocycles. The van der Waals surface area contributed by atoms with Gasteiger partial charge in [0.1, 0.15) is 0 Å². The summed E-state index contributed by atoms with van der Waals surface area (Å²) in [4.78, 5) is 15.5. The summed E-state index contributed by atoms with van der Waals surface area (Å²) in [5.74, 6) is 1.80. The minimum Gasteiger partial charge on any atom is -0.467 e. The van der Waals surface area contributed by atoms with Crippen LogP contribution in [0.4, 0.5) is 11.9 Å². The molecule has 120 valence electrons. The van der Waals surface area contributed by atoms with Crippen LogP contribution < -0.4 is 15.0 Å². The van der Waals surface area contributed by atoms with Crippen LogP contribution >= 0.6 is 0 Å². The third-order valence-corrected chi connectivity index (χ3v) is 3.32. The van der Waals surface area contributed by atoms with Crippen LogP contribution in [0, 0.1) is 5.92 Å². The highest BCUT2D eigenvalue weighted by Gasteiger charge is 2.21. The predicted molar refractivity (Wildman–Crippen MR) is 87.1 cm³/mol. The SMILES string of the molecule is CCNc1nc(OC)nc(N(CC(C)C)C(CC)CC)n1. The van der Waals surface area contributed by atoms with E-state index in [9.17, 15) is 0 Å². The van der Waals surface area contributed by atoms with Gasteiger partial charge in [0.05, 0.1) is 7.11 Å². The molecule has 0 atom stereocenters. The molecule has 0 saturated carbocycles. The van der Waals surface area contributed by atoms with Crippen LogP contribution in [-0.2, 0) is 0 Å². The average molecular weight is 295 g/mol.